The van der Waals surface area contributed by atoms with Gasteiger partial charge in [0.15, 0.2) is 6.19 Å². The zero-order chi connectivity index (χ0) is 28.2. The lowest BCUT2D eigenvalue weighted by Gasteiger charge is -2.43. The lowest BCUT2D eigenvalue weighted by molar-refractivity contribution is -0.141. The second-order valence-electron chi connectivity index (χ2n) is 12.4. The van der Waals surface area contributed by atoms with Crippen molar-refractivity contribution in [1.29, 1.82) is 5.26 Å². The van der Waals surface area contributed by atoms with Crippen LogP contribution in [0.3, 0.4) is 0 Å². The summed E-state index contributed by atoms with van der Waals surface area (Å²) in [4.78, 5) is 35.8. The third-order valence-corrected chi connectivity index (χ3v) is 7.68. The predicted molar refractivity (Wildman–Crippen MR) is 151 cm³/mol. The van der Waals surface area contributed by atoms with Gasteiger partial charge in [-0.25, -0.2) is 0 Å². The van der Waals surface area contributed by atoms with Crippen molar-refractivity contribution in [2.75, 3.05) is 18.1 Å². The van der Waals surface area contributed by atoms with Gasteiger partial charge in [0.25, 0.3) is 5.91 Å². The predicted octanol–water partition coefficient (Wildman–Crippen LogP) is 4.86. The Morgan fingerprint density at radius 2 is 1.85 bits per heavy atom. The maximum atomic E-state index is 14.4. The number of carbonyl (C=O) groups excluding carboxylic acids is 2. The van der Waals surface area contributed by atoms with Crippen LogP contribution in [0.25, 0.3) is 0 Å². The van der Waals surface area contributed by atoms with Gasteiger partial charge in [-0.05, 0) is 55.9 Å². The van der Waals surface area contributed by atoms with E-state index >= 15 is 0 Å². The minimum Gasteiger partial charge on any atom is -0.371 e. The van der Waals surface area contributed by atoms with Crippen LogP contribution in [0.5, 0.6) is 0 Å². The third kappa shape index (κ3) is 6.77. The molecule has 1 aromatic carbocycles. The van der Waals surface area contributed by atoms with Crippen molar-refractivity contribution < 1.29 is 14.3 Å². The van der Waals surface area contributed by atoms with E-state index in [1.807, 2.05) is 44.2 Å². The van der Waals surface area contributed by atoms with E-state index in [9.17, 15) is 14.9 Å². The minimum atomic E-state index is -0.955. The summed E-state index contributed by atoms with van der Waals surface area (Å²) >= 11 is 0. The van der Waals surface area contributed by atoms with E-state index in [2.05, 4.69) is 37.3 Å². The van der Waals surface area contributed by atoms with Crippen LogP contribution in [-0.4, -0.2) is 52.5 Å². The van der Waals surface area contributed by atoms with Gasteiger partial charge in [0.05, 0.1) is 18.8 Å². The molecule has 1 saturated heterocycles. The van der Waals surface area contributed by atoms with Crippen LogP contribution in [0.4, 0.5) is 5.69 Å². The largest absolute Gasteiger partial charge is 0.371 e. The molecule has 1 aliphatic carbocycles. The molecule has 2 amide bonds. The number of rotatable bonds is 6. The van der Waals surface area contributed by atoms with Crippen LogP contribution >= 0.6 is 0 Å². The summed E-state index contributed by atoms with van der Waals surface area (Å²) in [6, 6.07) is 9.63. The highest BCUT2D eigenvalue weighted by Gasteiger charge is 2.43. The Hall–Kier alpha value is -3.44. The second kappa shape index (κ2) is 11.7. The lowest BCUT2D eigenvalue weighted by Crippen LogP contribution is -2.60. The number of pyridine rings is 1. The van der Waals surface area contributed by atoms with Gasteiger partial charge in [-0.3, -0.25) is 24.4 Å². The average Bonchev–Trinajstić information content (AvgIpc) is 2.91. The molecular formula is C31H41N5O3. The number of amides is 2. The van der Waals surface area contributed by atoms with Crippen molar-refractivity contribution >= 4 is 17.5 Å². The van der Waals surface area contributed by atoms with Gasteiger partial charge in [-0.2, -0.15) is 5.26 Å². The molecule has 2 atom stereocenters. The van der Waals surface area contributed by atoms with Crippen LogP contribution in [-0.2, 0) is 19.7 Å². The molecule has 0 bridgehead atoms. The molecule has 1 saturated carbocycles. The molecule has 2 unspecified atom stereocenters. The molecule has 1 N–H and O–H groups in total. The quantitative estimate of drug-likeness (QED) is 0.535. The number of morpholine rings is 1. The van der Waals surface area contributed by atoms with Gasteiger partial charge in [0.2, 0.25) is 5.91 Å². The summed E-state index contributed by atoms with van der Waals surface area (Å²) in [5, 5.41) is 13.2. The van der Waals surface area contributed by atoms with Crippen molar-refractivity contribution in [3.05, 3.63) is 59.9 Å². The van der Waals surface area contributed by atoms with Gasteiger partial charge in [-0.15, -0.1) is 0 Å². The summed E-state index contributed by atoms with van der Waals surface area (Å²) in [6.07, 6.45) is 10.7. The van der Waals surface area contributed by atoms with Crippen molar-refractivity contribution in [1.82, 2.24) is 15.2 Å². The van der Waals surface area contributed by atoms with E-state index in [-0.39, 0.29) is 36.4 Å². The normalized spacial score (nSPS) is 20.5. The topological polar surface area (TPSA) is 98.6 Å². The number of carbonyl (C=O) groups is 2. The van der Waals surface area contributed by atoms with E-state index in [1.165, 1.54) is 16.2 Å². The van der Waals surface area contributed by atoms with E-state index < -0.39 is 17.7 Å². The Morgan fingerprint density at radius 3 is 2.44 bits per heavy atom. The first-order chi connectivity index (χ1) is 18.5. The molecule has 0 radical (unpaired) electrons. The SMILES string of the molecule is CC1(C)CN(C#N)C(C(=O)N(c2ccc(C(C)(C)C)cc2)C(C(=O)NC2CCCCC2)c2cccnc2)CO1. The van der Waals surface area contributed by atoms with Gasteiger partial charge >= 0.3 is 0 Å². The maximum absolute atomic E-state index is 14.4. The molecule has 1 aromatic heterocycles. The Balaban J connectivity index is 1.78. The molecule has 0 spiro atoms. The number of anilines is 1. The fourth-order valence-electron chi connectivity index (χ4n) is 5.44. The van der Waals surface area contributed by atoms with Crippen molar-refractivity contribution in [2.45, 2.75) is 95.9 Å². The van der Waals surface area contributed by atoms with E-state index in [4.69, 9.17) is 4.74 Å². The zero-order valence-electron chi connectivity index (χ0n) is 23.8. The van der Waals surface area contributed by atoms with Crippen molar-refractivity contribution in [2.24, 2.45) is 0 Å². The fourth-order valence-corrected chi connectivity index (χ4v) is 5.44. The Bertz CT molecular complexity index is 1180. The highest BCUT2D eigenvalue weighted by Crippen LogP contribution is 2.33. The van der Waals surface area contributed by atoms with E-state index in [0.29, 0.717) is 11.3 Å². The third-order valence-electron chi connectivity index (χ3n) is 7.68. The molecule has 4 rings (SSSR count). The molecule has 1 aliphatic heterocycles. The van der Waals surface area contributed by atoms with Gasteiger partial charge in [0, 0.05) is 29.7 Å². The summed E-state index contributed by atoms with van der Waals surface area (Å²) in [5.41, 5.74) is 1.68. The van der Waals surface area contributed by atoms with Crippen LogP contribution in [0.2, 0.25) is 0 Å². The van der Waals surface area contributed by atoms with Crippen molar-refractivity contribution in [3.63, 3.8) is 0 Å². The first kappa shape index (κ1) is 28.6. The summed E-state index contributed by atoms with van der Waals surface area (Å²) in [6.45, 7) is 10.5. The van der Waals surface area contributed by atoms with Crippen LogP contribution in [0, 0.1) is 11.5 Å². The fraction of sp³-hybridized carbons (Fsp3) is 0.548. The number of nitrogens with one attached hydrogen (secondary N) is 1. The number of benzene rings is 1. The molecular weight excluding hydrogens is 490 g/mol. The van der Waals surface area contributed by atoms with Crippen LogP contribution < -0.4 is 10.2 Å². The Kier molecular flexibility index (Phi) is 8.60. The standard InChI is InChI=1S/C31H41N5O3/c1-30(2,3)23-13-15-25(16-14-23)36(29(38)26-19-39-31(4,5)20-35(26)21-32)27(22-10-9-17-33-18-22)28(37)34-24-11-7-6-8-12-24/h9-10,13-18,24,26-27H,6-8,11-12,19-20H2,1-5H3,(H,34,37). The number of nitrogens with zero attached hydrogens (tertiary/aromatic N) is 4. The zero-order valence-corrected chi connectivity index (χ0v) is 23.8. The highest BCUT2D eigenvalue weighted by molar-refractivity contribution is 6.04. The molecule has 8 heteroatoms. The summed E-state index contributed by atoms with van der Waals surface area (Å²) in [7, 11) is 0. The summed E-state index contributed by atoms with van der Waals surface area (Å²) < 4.78 is 6.00. The average molecular weight is 532 g/mol. The number of aromatic nitrogens is 1. The van der Waals surface area contributed by atoms with E-state index in [0.717, 1.165) is 31.2 Å². The van der Waals surface area contributed by atoms with Gasteiger partial charge < -0.3 is 10.1 Å². The first-order valence-electron chi connectivity index (χ1n) is 13.9. The Morgan fingerprint density at radius 1 is 1.15 bits per heavy atom. The Labute approximate surface area is 232 Å². The smallest absolute Gasteiger partial charge is 0.253 e. The number of nitriles is 1. The van der Waals surface area contributed by atoms with Crippen LogP contribution in [0.1, 0.15) is 83.9 Å². The van der Waals surface area contributed by atoms with Gasteiger partial charge in [-0.1, -0.05) is 58.2 Å². The maximum Gasteiger partial charge on any atom is 0.253 e. The summed E-state index contributed by atoms with van der Waals surface area (Å²) in [5.74, 6) is -0.605. The second-order valence-corrected chi connectivity index (χ2v) is 12.4. The molecule has 2 aromatic rings. The highest BCUT2D eigenvalue weighted by atomic mass is 16.5. The van der Waals surface area contributed by atoms with E-state index in [1.54, 1.807) is 18.5 Å². The molecule has 208 valence electrons. The van der Waals surface area contributed by atoms with Crippen LogP contribution in [0.15, 0.2) is 48.8 Å². The monoisotopic (exact) mass is 531 g/mol. The number of hydrogen-bond donors (Lipinski definition) is 1. The number of ether oxygens (including phenoxy) is 1. The molecule has 39 heavy (non-hydrogen) atoms. The molecule has 2 aliphatic rings. The lowest BCUT2D eigenvalue weighted by atomic mass is 9.87. The molecule has 2 heterocycles. The van der Waals surface area contributed by atoms with Crippen molar-refractivity contribution in [3.8, 4) is 6.19 Å². The number of hydrogen-bond acceptors (Lipinski definition) is 6. The first-order valence-corrected chi connectivity index (χ1v) is 13.9. The van der Waals surface area contributed by atoms with Gasteiger partial charge in [0.1, 0.15) is 12.1 Å². The molecule has 8 nitrogen and oxygen atoms in total. The minimum absolute atomic E-state index is 0.0555. The molecule has 2 fully saturated rings.